The standard InChI is InChI=1S/C19H27NO/c1-14(16-8-5-11-20-13-16)12-19(21)18-10-3-2-9-17(18)15-6-4-7-15/h2-3,9-10,14-16,20H,4-8,11-13H2,1H3. The topological polar surface area (TPSA) is 29.1 Å². The Morgan fingerprint density at radius 3 is 2.71 bits per heavy atom. The highest BCUT2D eigenvalue weighted by molar-refractivity contribution is 5.97. The summed E-state index contributed by atoms with van der Waals surface area (Å²) in [4.78, 5) is 12.7. The second kappa shape index (κ2) is 6.74. The molecule has 2 atom stereocenters. The van der Waals surface area contributed by atoms with Gasteiger partial charge in [0, 0.05) is 12.0 Å². The summed E-state index contributed by atoms with van der Waals surface area (Å²) in [6, 6.07) is 8.31. The van der Waals surface area contributed by atoms with Crippen molar-refractivity contribution in [3.63, 3.8) is 0 Å². The van der Waals surface area contributed by atoms with E-state index in [1.165, 1.54) is 37.7 Å². The molecule has 0 aromatic heterocycles. The van der Waals surface area contributed by atoms with Crippen LogP contribution in [-0.4, -0.2) is 18.9 Å². The molecule has 21 heavy (non-hydrogen) atoms. The summed E-state index contributed by atoms with van der Waals surface area (Å²) < 4.78 is 0. The van der Waals surface area contributed by atoms with E-state index in [0.29, 0.717) is 30.0 Å². The minimum Gasteiger partial charge on any atom is -0.316 e. The van der Waals surface area contributed by atoms with Gasteiger partial charge in [-0.1, -0.05) is 37.6 Å². The maximum Gasteiger partial charge on any atom is 0.163 e. The fourth-order valence-electron chi connectivity index (χ4n) is 3.76. The van der Waals surface area contributed by atoms with E-state index in [2.05, 4.69) is 24.4 Å². The average Bonchev–Trinajstić information content (AvgIpc) is 2.47. The van der Waals surface area contributed by atoms with Crippen LogP contribution < -0.4 is 5.32 Å². The summed E-state index contributed by atoms with van der Waals surface area (Å²) in [5.41, 5.74) is 2.31. The van der Waals surface area contributed by atoms with E-state index in [0.717, 1.165) is 18.7 Å². The summed E-state index contributed by atoms with van der Waals surface area (Å²) in [5, 5.41) is 3.47. The number of rotatable bonds is 5. The normalized spacial score (nSPS) is 24.3. The molecule has 2 fully saturated rings. The Kier molecular flexibility index (Phi) is 4.74. The number of hydrogen-bond acceptors (Lipinski definition) is 2. The number of nitrogens with one attached hydrogen (secondary N) is 1. The minimum atomic E-state index is 0.357. The zero-order chi connectivity index (χ0) is 14.7. The third kappa shape index (κ3) is 3.37. The number of ketones is 1. The molecule has 3 rings (SSSR count). The van der Waals surface area contributed by atoms with Gasteiger partial charge in [-0.2, -0.15) is 0 Å². The molecule has 1 aliphatic carbocycles. The van der Waals surface area contributed by atoms with Crippen molar-refractivity contribution < 1.29 is 4.79 Å². The highest BCUT2D eigenvalue weighted by atomic mass is 16.1. The summed E-state index contributed by atoms with van der Waals surface area (Å²) in [6.45, 7) is 4.47. The van der Waals surface area contributed by atoms with Gasteiger partial charge in [0.15, 0.2) is 5.78 Å². The van der Waals surface area contributed by atoms with E-state index in [1.54, 1.807) is 0 Å². The van der Waals surface area contributed by atoms with Crippen LogP contribution in [0, 0.1) is 11.8 Å². The maximum absolute atomic E-state index is 12.7. The van der Waals surface area contributed by atoms with Crippen LogP contribution >= 0.6 is 0 Å². The minimum absolute atomic E-state index is 0.357. The Hall–Kier alpha value is -1.15. The van der Waals surface area contributed by atoms with Gasteiger partial charge in [-0.3, -0.25) is 4.79 Å². The van der Waals surface area contributed by atoms with Crippen LogP contribution in [0.25, 0.3) is 0 Å². The van der Waals surface area contributed by atoms with Gasteiger partial charge < -0.3 is 5.32 Å². The van der Waals surface area contributed by atoms with Gasteiger partial charge >= 0.3 is 0 Å². The smallest absolute Gasteiger partial charge is 0.163 e. The quantitative estimate of drug-likeness (QED) is 0.823. The molecule has 1 aromatic carbocycles. The zero-order valence-corrected chi connectivity index (χ0v) is 13.1. The predicted molar refractivity (Wildman–Crippen MR) is 86.7 cm³/mol. The number of Topliss-reactive ketones (excluding diaryl/α,β-unsaturated/α-hetero) is 1. The number of hydrogen-bond donors (Lipinski definition) is 1. The number of carbonyl (C=O) groups excluding carboxylic acids is 1. The van der Waals surface area contributed by atoms with Crippen LogP contribution in [0.1, 0.15) is 67.3 Å². The van der Waals surface area contributed by atoms with Crippen LogP contribution in [0.4, 0.5) is 0 Å². The molecule has 0 bridgehead atoms. The van der Waals surface area contributed by atoms with Crippen molar-refractivity contribution in [3.8, 4) is 0 Å². The van der Waals surface area contributed by atoms with Gasteiger partial charge in [-0.05, 0) is 62.1 Å². The van der Waals surface area contributed by atoms with Gasteiger partial charge in [0.1, 0.15) is 0 Å². The maximum atomic E-state index is 12.7. The van der Waals surface area contributed by atoms with Crippen molar-refractivity contribution in [2.75, 3.05) is 13.1 Å². The molecule has 1 aliphatic heterocycles. The molecular weight excluding hydrogens is 258 g/mol. The first-order valence-electron chi connectivity index (χ1n) is 8.58. The molecule has 1 aromatic rings. The molecular formula is C19H27NO. The fourth-order valence-corrected chi connectivity index (χ4v) is 3.76. The first-order valence-corrected chi connectivity index (χ1v) is 8.58. The van der Waals surface area contributed by atoms with Crippen molar-refractivity contribution in [2.45, 2.75) is 51.4 Å². The van der Waals surface area contributed by atoms with Crippen LogP contribution in [0.15, 0.2) is 24.3 Å². The molecule has 1 saturated heterocycles. The van der Waals surface area contributed by atoms with Crippen molar-refractivity contribution in [1.82, 2.24) is 5.32 Å². The summed E-state index contributed by atoms with van der Waals surface area (Å²) in [6.07, 6.45) is 7.06. The zero-order valence-electron chi connectivity index (χ0n) is 13.1. The first kappa shape index (κ1) is 14.8. The molecule has 114 valence electrons. The van der Waals surface area contributed by atoms with Crippen LogP contribution in [0.5, 0.6) is 0 Å². The Bertz CT molecular complexity index is 486. The van der Waals surface area contributed by atoms with Crippen molar-refractivity contribution in [1.29, 1.82) is 0 Å². The molecule has 1 saturated carbocycles. The molecule has 2 unspecified atom stereocenters. The second-order valence-corrected chi connectivity index (χ2v) is 6.93. The molecule has 0 spiro atoms. The van der Waals surface area contributed by atoms with Gasteiger partial charge in [0.25, 0.3) is 0 Å². The van der Waals surface area contributed by atoms with Gasteiger partial charge in [0.05, 0.1) is 0 Å². The lowest BCUT2D eigenvalue weighted by atomic mass is 9.76. The van der Waals surface area contributed by atoms with Crippen molar-refractivity contribution in [3.05, 3.63) is 35.4 Å². The fraction of sp³-hybridized carbons (Fsp3) is 0.632. The largest absolute Gasteiger partial charge is 0.316 e. The van der Waals surface area contributed by atoms with E-state index < -0.39 is 0 Å². The van der Waals surface area contributed by atoms with E-state index >= 15 is 0 Å². The molecule has 1 N–H and O–H groups in total. The summed E-state index contributed by atoms with van der Waals surface area (Å²) in [7, 11) is 0. The Morgan fingerprint density at radius 2 is 2.05 bits per heavy atom. The lowest BCUT2D eigenvalue weighted by molar-refractivity contribution is 0.0941. The lowest BCUT2D eigenvalue weighted by Gasteiger charge is -2.29. The van der Waals surface area contributed by atoms with Crippen molar-refractivity contribution in [2.24, 2.45) is 11.8 Å². The average molecular weight is 285 g/mol. The Morgan fingerprint density at radius 1 is 1.24 bits per heavy atom. The van der Waals surface area contributed by atoms with Crippen LogP contribution in [0.2, 0.25) is 0 Å². The van der Waals surface area contributed by atoms with E-state index in [4.69, 9.17) is 0 Å². The number of carbonyl (C=O) groups is 1. The monoisotopic (exact) mass is 285 g/mol. The van der Waals surface area contributed by atoms with Gasteiger partial charge in [0.2, 0.25) is 0 Å². The Labute approximate surface area is 128 Å². The molecule has 2 nitrogen and oxygen atoms in total. The first-order chi connectivity index (χ1) is 10.3. The molecule has 0 amide bonds. The third-order valence-electron chi connectivity index (χ3n) is 5.45. The van der Waals surface area contributed by atoms with Crippen molar-refractivity contribution >= 4 is 5.78 Å². The lowest BCUT2D eigenvalue weighted by Crippen LogP contribution is -2.34. The highest BCUT2D eigenvalue weighted by Gasteiger charge is 2.26. The summed E-state index contributed by atoms with van der Waals surface area (Å²) in [5.74, 6) is 2.14. The molecule has 2 aliphatic rings. The molecule has 1 heterocycles. The summed E-state index contributed by atoms with van der Waals surface area (Å²) >= 11 is 0. The van der Waals surface area contributed by atoms with E-state index in [-0.39, 0.29) is 0 Å². The molecule has 0 radical (unpaired) electrons. The van der Waals surface area contributed by atoms with E-state index in [1.807, 2.05) is 12.1 Å². The number of piperidine rings is 1. The second-order valence-electron chi connectivity index (χ2n) is 6.93. The number of benzene rings is 1. The predicted octanol–water partition coefficient (Wildman–Crippen LogP) is 4.16. The highest BCUT2D eigenvalue weighted by Crippen LogP contribution is 2.38. The van der Waals surface area contributed by atoms with Crippen LogP contribution in [0.3, 0.4) is 0 Å². The SMILES string of the molecule is CC(CC(=O)c1ccccc1C1CCC1)C1CCCNC1. The van der Waals surface area contributed by atoms with Gasteiger partial charge in [-0.25, -0.2) is 0 Å². The molecule has 2 heteroatoms. The Balaban J connectivity index is 1.67. The van der Waals surface area contributed by atoms with Gasteiger partial charge in [-0.15, -0.1) is 0 Å². The third-order valence-corrected chi connectivity index (χ3v) is 5.45. The van der Waals surface area contributed by atoms with Crippen LogP contribution in [-0.2, 0) is 0 Å². The van der Waals surface area contributed by atoms with E-state index in [9.17, 15) is 4.79 Å².